The van der Waals surface area contributed by atoms with Gasteiger partial charge in [0.2, 0.25) is 5.91 Å². The van der Waals surface area contributed by atoms with Gasteiger partial charge in [-0.1, -0.05) is 6.92 Å². The molecule has 0 bridgehead atoms. The van der Waals surface area contributed by atoms with Crippen molar-refractivity contribution in [2.24, 2.45) is 5.92 Å². The molecular weight excluding hydrogens is 250 g/mol. The minimum Gasteiger partial charge on any atom is -0.481 e. The Labute approximate surface area is 112 Å². The molecule has 0 saturated carbocycles. The molecule has 2 atom stereocenters. The first-order valence-electron chi connectivity index (χ1n) is 6.28. The molecule has 1 aliphatic heterocycles. The summed E-state index contributed by atoms with van der Waals surface area (Å²) in [6.07, 6.45) is -0.447. The zero-order valence-corrected chi connectivity index (χ0v) is 11.5. The quantitative estimate of drug-likeness (QED) is 0.749. The van der Waals surface area contributed by atoms with Crippen molar-refractivity contribution >= 4 is 17.9 Å². The molecule has 1 fully saturated rings. The van der Waals surface area contributed by atoms with Gasteiger partial charge in [-0.3, -0.25) is 14.9 Å². The molecular formula is C12H21N3O4. The molecule has 108 valence electrons. The van der Waals surface area contributed by atoms with Crippen molar-refractivity contribution in [2.45, 2.75) is 25.8 Å². The van der Waals surface area contributed by atoms with Crippen LogP contribution in [0.1, 0.15) is 19.8 Å². The highest BCUT2D eigenvalue weighted by Gasteiger charge is 2.34. The maximum atomic E-state index is 11.8. The first-order valence-corrected chi connectivity index (χ1v) is 6.28. The normalized spacial score (nSPS) is 22.6. The smallest absolute Gasteiger partial charge is 0.324 e. The average molecular weight is 271 g/mol. The Morgan fingerprint density at radius 2 is 1.89 bits per heavy atom. The summed E-state index contributed by atoms with van der Waals surface area (Å²) in [6.45, 7) is 3.23. The second-order valence-electron chi connectivity index (χ2n) is 5.16. The summed E-state index contributed by atoms with van der Waals surface area (Å²) in [5, 5.41) is 10.7. The number of likely N-dealkylation sites (tertiary alicyclic amines) is 1. The fraction of sp³-hybridized carbons (Fsp3) is 0.750. The number of hydrogen-bond donors (Lipinski definition) is 2. The Bertz CT molecular complexity index is 370. The van der Waals surface area contributed by atoms with Crippen LogP contribution in [0.2, 0.25) is 0 Å². The molecule has 1 rings (SSSR count). The summed E-state index contributed by atoms with van der Waals surface area (Å²) in [5.74, 6) is -1.26. The Kier molecular flexibility index (Phi) is 5.29. The molecule has 1 aliphatic rings. The van der Waals surface area contributed by atoms with Crippen molar-refractivity contribution in [2.75, 3.05) is 27.2 Å². The van der Waals surface area contributed by atoms with Crippen LogP contribution in [-0.2, 0) is 9.59 Å². The lowest BCUT2D eigenvalue weighted by Gasteiger charge is -2.22. The Morgan fingerprint density at radius 1 is 1.26 bits per heavy atom. The number of aliphatic carboxylic acids is 1. The molecule has 7 nitrogen and oxygen atoms in total. The first kappa shape index (κ1) is 15.4. The van der Waals surface area contributed by atoms with Crippen LogP contribution in [0.3, 0.4) is 0 Å². The second kappa shape index (κ2) is 6.51. The van der Waals surface area contributed by atoms with E-state index in [2.05, 4.69) is 17.1 Å². The SMILES string of the molecule is CC1CN(C(=O)NC(=O)CCC(=O)O)CC1N(C)C. The van der Waals surface area contributed by atoms with E-state index in [0.717, 1.165) is 0 Å². The zero-order chi connectivity index (χ0) is 14.6. The van der Waals surface area contributed by atoms with Crippen LogP contribution in [0.4, 0.5) is 4.79 Å². The van der Waals surface area contributed by atoms with Crippen molar-refractivity contribution in [1.82, 2.24) is 15.1 Å². The molecule has 19 heavy (non-hydrogen) atoms. The number of urea groups is 1. The third-order valence-electron chi connectivity index (χ3n) is 3.34. The van der Waals surface area contributed by atoms with E-state index in [1.165, 1.54) is 0 Å². The minimum atomic E-state index is -1.05. The fourth-order valence-electron chi connectivity index (χ4n) is 2.27. The number of imide groups is 1. The highest BCUT2D eigenvalue weighted by molar-refractivity contribution is 5.95. The van der Waals surface area contributed by atoms with Gasteiger partial charge >= 0.3 is 12.0 Å². The van der Waals surface area contributed by atoms with Crippen LogP contribution in [0.25, 0.3) is 0 Å². The molecule has 1 saturated heterocycles. The molecule has 3 amide bonds. The monoisotopic (exact) mass is 271 g/mol. The standard InChI is InChI=1S/C12H21N3O4/c1-8-6-15(7-9(8)14(2)3)12(19)13-10(16)4-5-11(17)18/h8-9H,4-7H2,1-3H3,(H,17,18)(H,13,16,19). The van der Waals surface area contributed by atoms with Gasteiger partial charge in [-0.2, -0.15) is 0 Å². The summed E-state index contributed by atoms with van der Waals surface area (Å²) in [5.41, 5.74) is 0. The molecule has 0 aromatic rings. The number of carboxylic acid groups (broad SMARTS) is 1. The molecule has 2 unspecified atom stereocenters. The maximum absolute atomic E-state index is 11.8. The van der Waals surface area contributed by atoms with Gasteiger partial charge in [0.25, 0.3) is 0 Å². The number of nitrogens with zero attached hydrogens (tertiary/aromatic N) is 2. The van der Waals surface area contributed by atoms with Crippen molar-refractivity contribution in [3.8, 4) is 0 Å². The summed E-state index contributed by atoms with van der Waals surface area (Å²) in [4.78, 5) is 37.2. The van der Waals surface area contributed by atoms with Crippen molar-refractivity contribution in [3.05, 3.63) is 0 Å². The lowest BCUT2D eigenvalue weighted by Crippen LogP contribution is -2.43. The molecule has 1 heterocycles. The van der Waals surface area contributed by atoms with Gasteiger partial charge in [-0.25, -0.2) is 4.79 Å². The zero-order valence-electron chi connectivity index (χ0n) is 11.5. The predicted octanol–water partition coefficient (Wildman–Crippen LogP) is -0.0307. The van der Waals surface area contributed by atoms with Crippen molar-refractivity contribution in [3.63, 3.8) is 0 Å². The summed E-state index contributed by atoms with van der Waals surface area (Å²) >= 11 is 0. The molecule has 0 aromatic heterocycles. The van der Waals surface area contributed by atoms with E-state index in [1.54, 1.807) is 4.90 Å². The Hall–Kier alpha value is -1.63. The van der Waals surface area contributed by atoms with Crippen LogP contribution in [-0.4, -0.2) is 66.0 Å². The van der Waals surface area contributed by atoms with Gasteiger partial charge in [0.1, 0.15) is 0 Å². The molecule has 0 aromatic carbocycles. The second-order valence-corrected chi connectivity index (χ2v) is 5.16. The predicted molar refractivity (Wildman–Crippen MR) is 68.6 cm³/mol. The van der Waals surface area contributed by atoms with Gasteiger partial charge in [-0.05, 0) is 20.0 Å². The van der Waals surface area contributed by atoms with E-state index in [9.17, 15) is 14.4 Å². The number of carbonyl (C=O) groups is 3. The molecule has 7 heteroatoms. The van der Waals surface area contributed by atoms with E-state index < -0.39 is 17.9 Å². The number of amides is 3. The van der Waals surface area contributed by atoms with Crippen LogP contribution in [0.15, 0.2) is 0 Å². The van der Waals surface area contributed by atoms with Crippen LogP contribution >= 0.6 is 0 Å². The van der Waals surface area contributed by atoms with Gasteiger partial charge < -0.3 is 14.9 Å². The largest absolute Gasteiger partial charge is 0.481 e. The highest BCUT2D eigenvalue weighted by atomic mass is 16.4. The van der Waals surface area contributed by atoms with Crippen molar-refractivity contribution in [1.29, 1.82) is 0 Å². The van der Waals surface area contributed by atoms with E-state index in [-0.39, 0.29) is 18.9 Å². The van der Waals surface area contributed by atoms with E-state index in [1.807, 2.05) is 14.1 Å². The molecule has 0 aliphatic carbocycles. The number of likely N-dealkylation sites (N-methyl/N-ethyl adjacent to an activating group) is 1. The molecule has 2 N–H and O–H groups in total. The average Bonchev–Trinajstić information content (AvgIpc) is 2.69. The highest BCUT2D eigenvalue weighted by Crippen LogP contribution is 2.19. The van der Waals surface area contributed by atoms with Crippen molar-refractivity contribution < 1.29 is 19.5 Å². The lowest BCUT2D eigenvalue weighted by atomic mass is 10.1. The number of carbonyl (C=O) groups excluding carboxylic acids is 2. The van der Waals surface area contributed by atoms with Gasteiger partial charge in [0, 0.05) is 25.6 Å². The summed E-state index contributed by atoms with van der Waals surface area (Å²) < 4.78 is 0. The Balaban J connectivity index is 2.43. The van der Waals surface area contributed by atoms with Gasteiger partial charge in [-0.15, -0.1) is 0 Å². The van der Waals surface area contributed by atoms with E-state index in [0.29, 0.717) is 19.0 Å². The van der Waals surface area contributed by atoms with E-state index >= 15 is 0 Å². The first-order chi connectivity index (χ1) is 8.81. The number of carboxylic acids is 1. The van der Waals surface area contributed by atoms with E-state index in [4.69, 9.17) is 5.11 Å². The lowest BCUT2D eigenvalue weighted by molar-refractivity contribution is -0.138. The number of nitrogens with one attached hydrogen (secondary N) is 1. The molecule has 0 radical (unpaired) electrons. The van der Waals surface area contributed by atoms with Crippen LogP contribution < -0.4 is 5.32 Å². The Morgan fingerprint density at radius 3 is 2.37 bits per heavy atom. The maximum Gasteiger partial charge on any atom is 0.324 e. The summed E-state index contributed by atoms with van der Waals surface area (Å²) in [6, 6.07) is -0.161. The third kappa shape index (κ3) is 4.51. The van der Waals surface area contributed by atoms with Gasteiger partial charge in [0.05, 0.1) is 6.42 Å². The van der Waals surface area contributed by atoms with Crippen LogP contribution in [0.5, 0.6) is 0 Å². The minimum absolute atomic E-state index is 0.179. The summed E-state index contributed by atoms with van der Waals surface area (Å²) in [7, 11) is 3.92. The topological polar surface area (TPSA) is 90.0 Å². The molecule has 0 spiro atoms. The number of hydrogen-bond acceptors (Lipinski definition) is 4. The van der Waals surface area contributed by atoms with Gasteiger partial charge in [0.15, 0.2) is 0 Å². The third-order valence-corrected chi connectivity index (χ3v) is 3.34. The fourth-order valence-corrected chi connectivity index (χ4v) is 2.27. The van der Waals surface area contributed by atoms with Crippen LogP contribution in [0, 0.1) is 5.92 Å². The number of rotatable bonds is 4.